The molecule has 104 valence electrons. The zero-order valence-corrected chi connectivity index (χ0v) is 11.5. The van der Waals surface area contributed by atoms with Crippen molar-refractivity contribution in [3.63, 3.8) is 0 Å². The number of hydrogen-bond donors (Lipinski definition) is 1. The molecule has 0 aromatic heterocycles. The lowest BCUT2D eigenvalue weighted by Crippen LogP contribution is -2.29. The van der Waals surface area contributed by atoms with Crippen LogP contribution in [0, 0.1) is 21.8 Å². The standard InChI is InChI=1S/C12H15FN2O3S/c1-8(7-19-2)6-14-12(16)10-5-9(13)3-4-11(10)15(17)18/h3-5,8H,6-7H2,1-2H3,(H,14,16). The first-order valence-electron chi connectivity index (χ1n) is 5.66. The van der Waals surface area contributed by atoms with Crippen molar-refractivity contribution in [3.8, 4) is 0 Å². The maximum Gasteiger partial charge on any atom is 0.282 e. The van der Waals surface area contributed by atoms with Gasteiger partial charge in [-0.3, -0.25) is 14.9 Å². The van der Waals surface area contributed by atoms with Gasteiger partial charge in [0.05, 0.1) is 4.92 Å². The van der Waals surface area contributed by atoms with Gasteiger partial charge in [0, 0.05) is 12.6 Å². The summed E-state index contributed by atoms with van der Waals surface area (Å²) in [6, 6.07) is 2.84. The van der Waals surface area contributed by atoms with Crippen LogP contribution in [0.15, 0.2) is 18.2 Å². The van der Waals surface area contributed by atoms with E-state index in [1.807, 2.05) is 13.2 Å². The minimum Gasteiger partial charge on any atom is -0.352 e. The fourth-order valence-corrected chi connectivity index (χ4v) is 2.24. The molecule has 0 spiro atoms. The van der Waals surface area contributed by atoms with Crippen molar-refractivity contribution in [2.24, 2.45) is 5.92 Å². The van der Waals surface area contributed by atoms with Crippen LogP contribution in [0.25, 0.3) is 0 Å². The highest BCUT2D eigenvalue weighted by molar-refractivity contribution is 7.98. The molecule has 0 aliphatic carbocycles. The van der Waals surface area contributed by atoms with Gasteiger partial charge in [0.15, 0.2) is 0 Å². The summed E-state index contributed by atoms with van der Waals surface area (Å²) in [5, 5.41) is 13.4. The number of amides is 1. The molecule has 0 aliphatic rings. The molecule has 1 unspecified atom stereocenters. The lowest BCUT2D eigenvalue weighted by Gasteiger charge is -2.11. The van der Waals surface area contributed by atoms with Gasteiger partial charge in [-0.2, -0.15) is 11.8 Å². The predicted octanol–water partition coefficient (Wildman–Crippen LogP) is 2.46. The molecule has 5 nitrogen and oxygen atoms in total. The predicted molar refractivity (Wildman–Crippen MR) is 72.9 cm³/mol. The molecule has 1 atom stereocenters. The molecule has 1 aromatic carbocycles. The van der Waals surface area contributed by atoms with Gasteiger partial charge >= 0.3 is 0 Å². The highest BCUT2D eigenvalue weighted by Gasteiger charge is 2.20. The fourth-order valence-electron chi connectivity index (χ4n) is 1.55. The maximum atomic E-state index is 13.1. The molecule has 0 bridgehead atoms. The van der Waals surface area contributed by atoms with Crippen LogP contribution in [-0.4, -0.2) is 29.4 Å². The summed E-state index contributed by atoms with van der Waals surface area (Å²) in [5.74, 6) is -0.190. The average Bonchev–Trinajstić information content (AvgIpc) is 2.35. The van der Waals surface area contributed by atoms with Gasteiger partial charge < -0.3 is 5.32 Å². The Morgan fingerprint density at radius 3 is 2.84 bits per heavy atom. The molecule has 7 heteroatoms. The molecule has 0 radical (unpaired) electrons. The van der Waals surface area contributed by atoms with Crippen LogP contribution in [0.1, 0.15) is 17.3 Å². The van der Waals surface area contributed by atoms with Crippen LogP contribution in [-0.2, 0) is 0 Å². The summed E-state index contributed by atoms with van der Waals surface area (Å²) in [4.78, 5) is 21.9. The fraction of sp³-hybridized carbons (Fsp3) is 0.417. The Kier molecular flexibility index (Phi) is 5.75. The van der Waals surface area contributed by atoms with E-state index in [1.165, 1.54) is 0 Å². The van der Waals surface area contributed by atoms with Crippen LogP contribution >= 0.6 is 11.8 Å². The first-order valence-corrected chi connectivity index (χ1v) is 7.06. The summed E-state index contributed by atoms with van der Waals surface area (Å²) in [6.07, 6.45) is 1.95. The Morgan fingerprint density at radius 2 is 2.26 bits per heavy atom. The summed E-state index contributed by atoms with van der Waals surface area (Å²) < 4.78 is 13.1. The van der Waals surface area contributed by atoms with Crippen molar-refractivity contribution in [2.75, 3.05) is 18.6 Å². The second-order valence-electron chi connectivity index (χ2n) is 4.19. The second-order valence-corrected chi connectivity index (χ2v) is 5.10. The molecule has 0 heterocycles. The van der Waals surface area contributed by atoms with Crippen molar-refractivity contribution in [1.29, 1.82) is 0 Å². The smallest absolute Gasteiger partial charge is 0.282 e. The third-order valence-electron chi connectivity index (χ3n) is 2.46. The van der Waals surface area contributed by atoms with Crippen molar-refractivity contribution < 1.29 is 14.1 Å². The zero-order valence-electron chi connectivity index (χ0n) is 10.7. The highest BCUT2D eigenvalue weighted by atomic mass is 32.2. The molecule has 0 aliphatic heterocycles. The zero-order chi connectivity index (χ0) is 14.4. The van der Waals surface area contributed by atoms with Crippen molar-refractivity contribution in [2.45, 2.75) is 6.92 Å². The summed E-state index contributed by atoms with van der Waals surface area (Å²) in [5.41, 5.74) is -0.641. The lowest BCUT2D eigenvalue weighted by atomic mass is 10.1. The Balaban J connectivity index is 2.81. The first kappa shape index (κ1) is 15.4. The molecular formula is C12H15FN2O3S. The summed E-state index contributed by atoms with van der Waals surface area (Å²) in [6.45, 7) is 2.35. The second kappa shape index (κ2) is 7.08. The van der Waals surface area contributed by atoms with E-state index < -0.39 is 22.3 Å². The lowest BCUT2D eigenvalue weighted by molar-refractivity contribution is -0.385. The minimum atomic E-state index is -0.695. The van der Waals surface area contributed by atoms with Gasteiger partial charge in [0.1, 0.15) is 11.4 Å². The van der Waals surface area contributed by atoms with Crippen molar-refractivity contribution in [3.05, 3.63) is 39.7 Å². The van der Waals surface area contributed by atoms with E-state index in [1.54, 1.807) is 11.8 Å². The van der Waals surface area contributed by atoms with Gasteiger partial charge in [0.2, 0.25) is 0 Å². The minimum absolute atomic E-state index is 0.242. The SMILES string of the molecule is CSCC(C)CNC(=O)c1cc(F)ccc1[N+](=O)[O-]. The topological polar surface area (TPSA) is 72.2 Å². The molecule has 0 saturated carbocycles. The largest absolute Gasteiger partial charge is 0.352 e. The van der Waals surface area contributed by atoms with E-state index in [9.17, 15) is 19.3 Å². The first-order chi connectivity index (χ1) is 8.95. The third kappa shape index (κ3) is 4.51. The number of nitro groups is 1. The normalized spacial score (nSPS) is 11.9. The number of hydrogen-bond acceptors (Lipinski definition) is 4. The number of rotatable bonds is 6. The number of thioether (sulfide) groups is 1. The van der Waals surface area contributed by atoms with Crippen LogP contribution < -0.4 is 5.32 Å². The number of nitrogens with one attached hydrogen (secondary N) is 1. The molecule has 0 fully saturated rings. The Hall–Kier alpha value is -1.63. The number of halogens is 1. The number of benzene rings is 1. The van der Waals surface area contributed by atoms with E-state index in [2.05, 4.69) is 5.32 Å². The van der Waals surface area contributed by atoms with Crippen LogP contribution in [0.4, 0.5) is 10.1 Å². The van der Waals surface area contributed by atoms with Crippen molar-refractivity contribution >= 4 is 23.4 Å². The molecule has 1 N–H and O–H groups in total. The molecule has 1 aromatic rings. The van der Waals surface area contributed by atoms with Gasteiger partial charge in [0.25, 0.3) is 11.6 Å². The number of nitrogens with zero attached hydrogens (tertiary/aromatic N) is 1. The van der Waals surface area contributed by atoms with E-state index >= 15 is 0 Å². The van der Waals surface area contributed by atoms with E-state index in [0.29, 0.717) is 6.54 Å². The molecule has 1 amide bonds. The monoisotopic (exact) mass is 286 g/mol. The van der Waals surface area contributed by atoms with Crippen LogP contribution in [0.5, 0.6) is 0 Å². The third-order valence-corrected chi connectivity index (χ3v) is 3.36. The maximum absolute atomic E-state index is 13.1. The molecule has 0 saturated heterocycles. The molecule has 19 heavy (non-hydrogen) atoms. The Labute approximate surface area is 114 Å². The molecule has 1 rings (SSSR count). The van der Waals surface area contributed by atoms with Gasteiger partial charge in [-0.25, -0.2) is 4.39 Å². The summed E-state index contributed by atoms with van der Waals surface area (Å²) in [7, 11) is 0. The average molecular weight is 286 g/mol. The Morgan fingerprint density at radius 1 is 1.58 bits per heavy atom. The van der Waals surface area contributed by atoms with E-state index in [0.717, 1.165) is 24.0 Å². The van der Waals surface area contributed by atoms with Gasteiger partial charge in [-0.1, -0.05) is 6.92 Å². The van der Waals surface area contributed by atoms with Crippen molar-refractivity contribution in [1.82, 2.24) is 5.32 Å². The number of carbonyl (C=O) groups is 1. The van der Waals surface area contributed by atoms with Gasteiger partial charge in [-0.15, -0.1) is 0 Å². The Bertz CT molecular complexity index is 482. The van der Waals surface area contributed by atoms with Gasteiger partial charge in [-0.05, 0) is 30.1 Å². The summed E-state index contributed by atoms with van der Waals surface area (Å²) >= 11 is 1.65. The van der Waals surface area contributed by atoms with Crippen LogP contribution in [0.2, 0.25) is 0 Å². The van der Waals surface area contributed by atoms with E-state index in [-0.39, 0.29) is 11.5 Å². The van der Waals surface area contributed by atoms with E-state index in [4.69, 9.17) is 0 Å². The quantitative estimate of drug-likeness (QED) is 0.644. The molecular weight excluding hydrogens is 271 g/mol. The van der Waals surface area contributed by atoms with Crippen LogP contribution in [0.3, 0.4) is 0 Å². The highest BCUT2D eigenvalue weighted by Crippen LogP contribution is 2.19. The number of carbonyl (C=O) groups excluding carboxylic acids is 1. The number of nitro benzene ring substituents is 1.